The van der Waals surface area contributed by atoms with E-state index in [1.807, 2.05) is 50.2 Å². The molecule has 0 atom stereocenters. The van der Waals surface area contributed by atoms with Crippen LogP contribution in [0.15, 0.2) is 59.5 Å². The van der Waals surface area contributed by atoms with E-state index < -0.39 is 0 Å². The maximum absolute atomic E-state index is 12.7. The second kappa shape index (κ2) is 7.53. The van der Waals surface area contributed by atoms with Crippen LogP contribution < -0.4 is 10.6 Å². The fourth-order valence-corrected chi connectivity index (χ4v) is 2.99. The fraction of sp³-hybridized carbons (Fsp3) is 0.238. The Hall–Kier alpha value is -3.28. The van der Waals surface area contributed by atoms with Gasteiger partial charge in [0.15, 0.2) is 0 Å². The molecule has 6 nitrogen and oxygen atoms in total. The molecule has 140 valence electrons. The molecule has 0 saturated carbocycles. The van der Waals surface area contributed by atoms with Crippen LogP contribution in [0.1, 0.15) is 21.6 Å². The lowest BCUT2D eigenvalue weighted by Crippen LogP contribution is -2.26. The molecule has 2 aromatic carbocycles. The molecule has 3 aromatic rings. The minimum Gasteiger partial charge on any atom is -0.378 e. The van der Waals surface area contributed by atoms with Gasteiger partial charge in [0, 0.05) is 50.8 Å². The maximum Gasteiger partial charge on any atom is 0.330 e. The van der Waals surface area contributed by atoms with Gasteiger partial charge in [-0.2, -0.15) is 0 Å². The van der Waals surface area contributed by atoms with Gasteiger partial charge < -0.3 is 14.8 Å². The summed E-state index contributed by atoms with van der Waals surface area (Å²) in [7, 11) is 5.78. The van der Waals surface area contributed by atoms with Gasteiger partial charge in [0.2, 0.25) is 0 Å². The highest BCUT2D eigenvalue weighted by molar-refractivity contribution is 5.94. The number of hydrogen-bond acceptors (Lipinski definition) is 3. The minimum atomic E-state index is -0.190. The first-order chi connectivity index (χ1) is 12.9. The van der Waals surface area contributed by atoms with Gasteiger partial charge in [-0.1, -0.05) is 12.1 Å². The van der Waals surface area contributed by atoms with Crippen molar-refractivity contribution in [3.05, 3.63) is 82.0 Å². The zero-order chi connectivity index (χ0) is 19.6. The second-order valence-electron chi connectivity index (χ2n) is 6.84. The highest BCUT2D eigenvalue weighted by Crippen LogP contribution is 2.15. The standard InChI is InChI=1S/C21H24N4O2/c1-15-13-22-21(27)25(15)19-11-7-17(8-12-19)20(26)24(4)14-16-5-9-18(10-6-16)23(2)3/h5-13H,14H2,1-4H3,(H,22,27). The second-order valence-corrected chi connectivity index (χ2v) is 6.84. The number of carbonyl (C=O) groups is 1. The number of H-pyrrole nitrogens is 1. The van der Waals surface area contributed by atoms with Crippen LogP contribution in [0.5, 0.6) is 0 Å². The SMILES string of the molecule is Cc1c[nH]c(=O)n1-c1ccc(C(=O)N(C)Cc2ccc(N(C)C)cc2)cc1. The van der Waals surface area contributed by atoms with Crippen molar-refractivity contribution in [3.63, 3.8) is 0 Å². The highest BCUT2D eigenvalue weighted by atomic mass is 16.2. The number of carbonyl (C=O) groups excluding carboxylic acids is 1. The van der Waals surface area contributed by atoms with Crippen LogP contribution >= 0.6 is 0 Å². The monoisotopic (exact) mass is 364 g/mol. The van der Waals surface area contributed by atoms with Gasteiger partial charge in [-0.15, -0.1) is 0 Å². The molecule has 0 fully saturated rings. The average Bonchev–Trinajstić information content (AvgIpc) is 3.00. The van der Waals surface area contributed by atoms with E-state index in [9.17, 15) is 9.59 Å². The van der Waals surface area contributed by atoms with E-state index in [-0.39, 0.29) is 11.6 Å². The molecular formula is C21H24N4O2. The molecule has 0 saturated heterocycles. The summed E-state index contributed by atoms with van der Waals surface area (Å²) >= 11 is 0. The predicted molar refractivity (Wildman–Crippen MR) is 108 cm³/mol. The number of benzene rings is 2. The zero-order valence-electron chi connectivity index (χ0n) is 16.1. The van der Waals surface area contributed by atoms with Crippen LogP contribution in [0, 0.1) is 6.92 Å². The van der Waals surface area contributed by atoms with E-state index in [2.05, 4.69) is 4.98 Å². The number of aromatic nitrogens is 2. The lowest BCUT2D eigenvalue weighted by atomic mass is 10.1. The lowest BCUT2D eigenvalue weighted by Gasteiger charge is -2.19. The van der Waals surface area contributed by atoms with Crippen molar-refractivity contribution >= 4 is 11.6 Å². The molecule has 1 heterocycles. The van der Waals surface area contributed by atoms with Crippen molar-refractivity contribution in [2.45, 2.75) is 13.5 Å². The molecule has 6 heteroatoms. The van der Waals surface area contributed by atoms with E-state index in [4.69, 9.17) is 0 Å². The summed E-state index contributed by atoms with van der Waals surface area (Å²) in [5, 5.41) is 0. The number of rotatable bonds is 5. The van der Waals surface area contributed by atoms with Crippen LogP contribution in [0.4, 0.5) is 5.69 Å². The summed E-state index contributed by atoms with van der Waals surface area (Å²) in [6.45, 7) is 2.39. The van der Waals surface area contributed by atoms with Crippen molar-refractivity contribution in [1.82, 2.24) is 14.5 Å². The number of nitrogens with zero attached hydrogens (tertiary/aromatic N) is 3. The van der Waals surface area contributed by atoms with Gasteiger partial charge in [-0.05, 0) is 48.9 Å². The summed E-state index contributed by atoms with van der Waals surface area (Å²) in [5.41, 5.74) is 4.15. The third-order valence-electron chi connectivity index (χ3n) is 4.55. The van der Waals surface area contributed by atoms with Gasteiger partial charge in [0.1, 0.15) is 0 Å². The first-order valence-electron chi connectivity index (χ1n) is 8.76. The van der Waals surface area contributed by atoms with Gasteiger partial charge in [-0.3, -0.25) is 9.36 Å². The predicted octanol–water partition coefficient (Wildman–Crippen LogP) is 2.81. The maximum atomic E-state index is 12.7. The molecule has 0 spiro atoms. The normalized spacial score (nSPS) is 10.7. The van der Waals surface area contributed by atoms with Crippen LogP contribution in [0.25, 0.3) is 5.69 Å². The third-order valence-corrected chi connectivity index (χ3v) is 4.55. The quantitative estimate of drug-likeness (QED) is 0.757. The lowest BCUT2D eigenvalue weighted by molar-refractivity contribution is 0.0785. The molecule has 3 rings (SSSR count). The van der Waals surface area contributed by atoms with E-state index in [0.29, 0.717) is 12.1 Å². The van der Waals surface area contributed by atoms with Crippen molar-refractivity contribution in [1.29, 1.82) is 0 Å². The molecule has 0 unspecified atom stereocenters. The number of hydrogen-bond donors (Lipinski definition) is 1. The first kappa shape index (κ1) is 18.5. The molecule has 1 amide bonds. The van der Waals surface area contributed by atoms with E-state index in [0.717, 1.165) is 22.6 Å². The van der Waals surface area contributed by atoms with E-state index in [1.54, 1.807) is 47.0 Å². The topological polar surface area (TPSA) is 61.3 Å². The summed E-state index contributed by atoms with van der Waals surface area (Å²) in [4.78, 5) is 31.0. The number of amides is 1. The Bertz CT molecular complexity index is 982. The first-order valence-corrected chi connectivity index (χ1v) is 8.76. The summed E-state index contributed by atoms with van der Waals surface area (Å²) < 4.78 is 1.57. The molecule has 1 aromatic heterocycles. The number of aryl methyl sites for hydroxylation is 1. The van der Waals surface area contributed by atoms with Crippen LogP contribution in [-0.2, 0) is 6.54 Å². The smallest absolute Gasteiger partial charge is 0.330 e. The Morgan fingerprint density at radius 2 is 1.63 bits per heavy atom. The number of aromatic amines is 1. The Labute approximate surface area is 158 Å². The number of imidazole rings is 1. The molecular weight excluding hydrogens is 340 g/mol. The number of anilines is 1. The van der Waals surface area contributed by atoms with Crippen molar-refractivity contribution in [3.8, 4) is 5.69 Å². The molecule has 0 radical (unpaired) electrons. The van der Waals surface area contributed by atoms with Crippen LogP contribution in [-0.4, -0.2) is 41.5 Å². The molecule has 0 bridgehead atoms. The van der Waals surface area contributed by atoms with E-state index in [1.165, 1.54) is 0 Å². The Morgan fingerprint density at radius 1 is 1.00 bits per heavy atom. The minimum absolute atomic E-state index is 0.0589. The van der Waals surface area contributed by atoms with E-state index >= 15 is 0 Å². The Morgan fingerprint density at radius 3 is 2.15 bits per heavy atom. The number of nitrogens with one attached hydrogen (secondary N) is 1. The van der Waals surface area contributed by atoms with Crippen molar-refractivity contribution in [2.24, 2.45) is 0 Å². The molecule has 1 N–H and O–H groups in total. The molecule has 0 aliphatic heterocycles. The van der Waals surface area contributed by atoms with Crippen LogP contribution in [0.3, 0.4) is 0 Å². The highest BCUT2D eigenvalue weighted by Gasteiger charge is 2.13. The molecule has 0 aliphatic carbocycles. The van der Waals surface area contributed by atoms with Crippen molar-refractivity contribution < 1.29 is 4.79 Å². The van der Waals surface area contributed by atoms with Gasteiger partial charge in [0.05, 0.1) is 5.69 Å². The van der Waals surface area contributed by atoms with Crippen molar-refractivity contribution in [2.75, 3.05) is 26.0 Å². The summed E-state index contributed by atoms with van der Waals surface area (Å²) in [5.74, 6) is -0.0589. The summed E-state index contributed by atoms with van der Waals surface area (Å²) in [6, 6.07) is 15.2. The van der Waals surface area contributed by atoms with Gasteiger partial charge in [-0.25, -0.2) is 4.79 Å². The summed E-state index contributed by atoms with van der Waals surface area (Å²) in [6.07, 6.45) is 1.66. The fourth-order valence-electron chi connectivity index (χ4n) is 2.99. The average molecular weight is 364 g/mol. The molecule has 27 heavy (non-hydrogen) atoms. The van der Waals surface area contributed by atoms with Gasteiger partial charge in [0.25, 0.3) is 5.91 Å². The van der Waals surface area contributed by atoms with Crippen LogP contribution in [0.2, 0.25) is 0 Å². The zero-order valence-corrected chi connectivity index (χ0v) is 16.1. The van der Waals surface area contributed by atoms with Gasteiger partial charge >= 0.3 is 5.69 Å². The largest absolute Gasteiger partial charge is 0.378 e. The Balaban J connectivity index is 1.72. The Kier molecular flexibility index (Phi) is 5.16. The third kappa shape index (κ3) is 3.95. The molecule has 0 aliphatic rings.